The fourth-order valence-electron chi connectivity index (χ4n) is 2.77. The molecule has 1 aliphatic carbocycles. The molecule has 3 rings (SSSR count). The van der Waals surface area contributed by atoms with Crippen molar-refractivity contribution < 1.29 is 18.8 Å². The molecule has 2 aromatic rings. The number of rotatable bonds is 6. The zero-order chi connectivity index (χ0) is 17.3. The lowest BCUT2D eigenvalue weighted by Crippen LogP contribution is -2.36. The summed E-state index contributed by atoms with van der Waals surface area (Å²) in [5.41, 5.74) is 0.992. The van der Waals surface area contributed by atoms with Crippen molar-refractivity contribution in [2.75, 3.05) is 21.3 Å². The van der Waals surface area contributed by atoms with Gasteiger partial charge in [0.1, 0.15) is 11.5 Å². The van der Waals surface area contributed by atoms with Crippen LogP contribution in [-0.2, 0) is 0 Å². The Morgan fingerprint density at radius 3 is 2.67 bits per heavy atom. The molecule has 1 aliphatic rings. The molecule has 128 valence electrons. The monoisotopic (exact) mass is 330 g/mol. The van der Waals surface area contributed by atoms with Gasteiger partial charge in [0, 0.05) is 19.2 Å². The number of ether oxygens (including phenoxy) is 2. The second kappa shape index (κ2) is 6.55. The van der Waals surface area contributed by atoms with Crippen LogP contribution in [0.25, 0.3) is 11.3 Å². The van der Waals surface area contributed by atoms with Crippen molar-refractivity contribution in [3.63, 3.8) is 0 Å². The highest BCUT2D eigenvalue weighted by molar-refractivity contribution is 5.93. The number of hydrogen-bond acceptors (Lipinski definition) is 5. The van der Waals surface area contributed by atoms with E-state index in [1.54, 1.807) is 43.4 Å². The molecule has 0 spiro atoms. The highest BCUT2D eigenvalue weighted by atomic mass is 16.5. The average molecular weight is 330 g/mol. The molecule has 0 aliphatic heterocycles. The Labute approximate surface area is 141 Å². The van der Waals surface area contributed by atoms with E-state index in [2.05, 4.69) is 12.1 Å². The summed E-state index contributed by atoms with van der Waals surface area (Å²) >= 11 is 0. The first-order chi connectivity index (χ1) is 11.5. The zero-order valence-corrected chi connectivity index (χ0v) is 14.4. The number of amides is 1. The Kier molecular flexibility index (Phi) is 4.46. The van der Waals surface area contributed by atoms with Crippen LogP contribution in [0, 0.1) is 5.92 Å². The molecule has 1 fully saturated rings. The van der Waals surface area contributed by atoms with Crippen molar-refractivity contribution in [2.24, 2.45) is 5.92 Å². The Hall–Kier alpha value is -2.50. The number of benzene rings is 1. The zero-order valence-electron chi connectivity index (χ0n) is 14.4. The van der Waals surface area contributed by atoms with Gasteiger partial charge in [-0.3, -0.25) is 4.79 Å². The van der Waals surface area contributed by atoms with E-state index in [0.29, 0.717) is 34.4 Å². The summed E-state index contributed by atoms with van der Waals surface area (Å²) in [6, 6.07) is 7.25. The molecular formula is C18H22N2O4. The number of nitrogens with zero attached hydrogens (tertiary/aromatic N) is 2. The molecule has 6 heteroatoms. The molecule has 1 amide bonds. The molecule has 6 nitrogen and oxygen atoms in total. The standard InChI is InChI=1S/C18H22N2O4/c1-11(12-5-6-12)20(2)18(21)15-10-17(24-19-15)14-9-13(22-3)7-8-16(14)23-4/h7-12H,5-6H2,1-4H3/t11-/m0/s1. The SMILES string of the molecule is COc1ccc(OC)c(-c2cc(C(=O)N(C)[C@@H](C)C3CC3)no2)c1. The predicted octanol–water partition coefficient (Wildman–Crippen LogP) is 3.23. The Morgan fingerprint density at radius 2 is 2.04 bits per heavy atom. The summed E-state index contributed by atoms with van der Waals surface area (Å²) in [5.74, 6) is 2.25. The van der Waals surface area contributed by atoms with Crippen molar-refractivity contribution in [1.82, 2.24) is 10.1 Å². The Balaban J connectivity index is 1.86. The van der Waals surface area contributed by atoms with Gasteiger partial charge in [0.25, 0.3) is 5.91 Å². The van der Waals surface area contributed by atoms with Gasteiger partial charge in [-0.1, -0.05) is 5.16 Å². The second-order valence-corrected chi connectivity index (χ2v) is 6.14. The van der Waals surface area contributed by atoms with Gasteiger partial charge in [-0.05, 0) is 43.9 Å². The van der Waals surface area contributed by atoms with E-state index in [9.17, 15) is 4.79 Å². The van der Waals surface area contributed by atoms with Crippen LogP contribution < -0.4 is 9.47 Å². The molecule has 1 aromatic carbocycles. The van der Waals surface area contributed by atoms with E-state index in [1.807, 2.05) is 7.05 Å². The van der Waals surface area contributed by atoms with Gasteiger partial charge < -0.3 is 18.9 Å². The van der Waals surface area contributed by atoms with Gasteiger partial charge in [-0.2, -0.15) is 0 Å². The third kappa shape index (κ3) is 3.09. The molecule has 0 N–H and O–H groups in total. The average Bonchev–Trinajstić information content (AvgIpc) is 3.35. The topological polar surface area (TPSA) is 64.8 Å². The summed E-state index contributed by atoms with van der Waals surface area (Å²) < 4.78 is 16.0. The summed E-state index contributed by atoms with van der Waals surface area (Å²) in [4.78, 5) is 14.3. The van der Waals surface area contributed by atoms with Crippen LogP contribution in [0.4, 0.5) is 0 Å². The van der Waals surface area contributed by atoms with Crippen molar-refractivity contribution in [2.45, 2.75) is 25.8 Å². The van der Waals surface area contributed by atoms with Gasteiger partial charge in [0.15, 0.2) is 11.5 Å². The maximum absolute atomic E-state index is 12.6. The second-order valence-electron chi connectivity index (χ2n) is 6.14. The quantitative estimate of drug-likeness (QED) is 0.813. The third-order valence-electron chi connectivity index (χ3n) is 4.64. The molecule has 0 radical (unpaired) electrons. The van der Waals surface area contributed by atoms with Crippen molar-refractivity contribution in [3.05, 3.63) is 30.0 Å². The van der Waals surface area contributed by atoms with E-state index in [4.69, 9.17) is 14.0 Å². The molecule has 24 heavy (non-hydrogen) atoms. The summed E-state index contributed by atoms with van der Waals surface area (Å²) in [7, 11) is 4.99. The summed E-state index contributed by atoms with van der Waals surface area (Å²) in [6.07, 6.45) is 2.37. The minimum Gasteiger partial charge on any atom is -0.497 e. The van der Waals surface area contributed by atoms with E-state index in [0.717, 1.165) is 0 Å². The maximum atomic E-state index is 12.6. The number of aromatic nitrogens is 1. The third-order valence-corrected chi connectivity index (χ3v) is 4.64. The molecule has 1 heterocycles. The van der Waals surface area contributed by atoms with Gasteiger partial charge in [-0.15, -0.1) is 0 Å². The van der Waals surface area contributed by atoms with Crippen molar-refractivity contribution in [3.8, 4) is 22.8 Å². The van der Waals surface area contributed by atoms with Crippen LogP contribution in [0.3, 0.4) is 0 Å². The number of carbonyl (C=O) groups excluding carboxylic acids is 1. The minimum absolute atomic E-state index is 0.133. The fraction of sp³-hybridized carbons (Fsp3) is 0.444. The lowest BCUT2D eigenvalue weighted by Gasteiger charge is -2.23. The highest BCUT2D eigenvalue weighted by Crippen LogP contribution is 2.36. The first kappa shape index (κ1) is 16.4. The van der Waals surface area contributed by atoms with E-state index in [1.165, 1.54) is 12.8 Å². The maximum Gasteiger partial charge on any atom is 0.276 e. The van der Waals surface area contributed by atoms with E-state index < -0.39 is 0 Å². The van der Waals surface area contributed by atoms with Gasteiger partial charge in [-0.25, -0.2) is 0 Å². The van der Waals surface area contributed by atoms with Crippen molar-refractivity contribution in [1.29, 1.82) is 0 Å². The molecular weight excluding hydrogens is 308 g/mol. The van der Waals surface area contributed by atoms with Crippen LogP contribution >= 0.6 is 0 Å². The van der Waals surface area contributed by atoms with Gasteiger partial charge >= 0.3 is 0 Å². The molecule has 1 aromatic heterocycles. The molecule has 1 atom stereocenters. The molecule has 1 saturated carbocycles. The van der Waals surface area contributed by atoms with E-state index >= 15 is 0 Å². The van der Waals surface area contributed by atoms with Gasteiger partial charge in [0.05, 0.1) is 19.8 Å². The normalized spacial score (nSPS) is 15.0. The predicted molar refractivity (Wildman–Crippen MR) is 89.3 cm³/mol. The summed E-state index contributed by atoms with van der Waals surface area (Å²) in [6.45, 7) is 2.07. The highest BCUT2D eigenvalue weighted by Gasteiger charge is 2.33. The lowest BCUT2D eigenvalue weighted by molar-refractivity contribution is 0.0717. The van der Waals surface area contributed by atoms with Crippen LogP contribution in [0.15, 0.2) is 28.8 Å². The minimum atomic E-state index is -0.133. The molecule has 0 saturated heterocycles. The number of carbonyl (C=O) groups is 1. The van der Waals surface area contributed by atoms with Crippen LogP contribution in [0.2, 0.25) is 0 Å². The first-order valence-corrected chi connectivity index (χ1v) is 8.01. The van der Waals surface area contributed by atoms with Crippen LogP contribution in [0.5, 0.6) is 11.5 Å². The molecule has 0 bridgehead atoms. The van der Waals surface area contributed by atoms with Crippen LogP contribution in [-0.4, -0.2) is 43.3 Å². The first-order valence-electron chi connectivity index (χ1n) is 8.01. The molecule has 0 unspecified atom stereocenters. The smallest absolute Gasteiger partial charge is 0.276 e. The largest absolute Gasteiger partial charge is 0.497 e. The fourth-order valence-corrected chi connectivity index (χ4v) is 2.77. The number of hydrogen-bond donors (Lipinski definition) is 0. The number of methoxy groups -OCH3 is 2. The van der Waals surface area contributed by atoms with Gasteiger partial charge in [0.2, 0.25) is 0 Å². The lowest BCUT2D eigenvalue weighted by atomic mass is 10.1. The Bertz CT molecular complexity index is 736. The van der Waals surface area contributed by atoms with Crippen LogP contribution in [0.1, 0.15) is 30.3 Å². The Morgan fingerprint density at radius 1 is 1.29 bits per heavy atom. The van der Waals surface area contributed by atoms with E-state index in [-0.39, 0.29) is 11.9 Å². The summed E-state index contributed by atoms with van der Waals surface area (Å²) in [5, 5.41) is 3.94. The van der Waals surface area contributed by atoms with Crippen molar-refractivity contribution >= 4 is 5.91 Å².